The third-order valence-electron chi connectivity index (χ3n) is 7.49. The number of benzene rings is 3. The van der Waals surface area contributed by atoms with E-state index in [1.165, 1.54) is 11.3 Å². The van der Waals surface area contributed by atoms with Gasteiger partial charge in [-0.2, -0.15) is 0 Å². The molecule has 11 heteroatoms. The summed E-state index contributed by atoms with van der Waals surface area (Å²) in [7, 11) is 0. The molecule has 0 spiro atoms. The minimum absolute atomic E-state index is 0.119. The maximum absolute atomic E-state index is 14.2. The van der Waals surface area contributed by atoms with E-state index in [1.807, 2.05) is 81.4 Å². The number of allylic oxidation sites excluding steroid dienone is 1. The van der Waals surface area contributed by atoms with Crippen LogP contribution in [0.1, 0.15) is 57.4 Å². The molecule has 1 atom stereocenters. The molecule has 47 heavy (non-hydrogen) atoms. The molecule has 0 fully saturated rings. The topological polar surface area (TPSA) is 107 Å². The van der Waals surface area contributed by atoms with Gasteiger partial charge in [0, 0.05) is 5.56 Å². The molecule has 4 aromatic rings. The number of nitrogens with zero attached hydrogens (tertiary/aromatic N) is 2. The minimum Gasteiger partial charge on any atom is -0.491 e. The van der Waals surface area contributed by atoms with Crippen LogP contribution in [0.2, 0.25) is 0 Å². The molecule has 244 valence electrons. The van der Waals surface area contributed by atoms with Crippen LogP contribution >= 0.6 is 11.3 Å². The summed E-state index contributed by atoms with van der Waals surface area (Å²) in [4.78, 5) is 32.7. The van der Waals surface area contributed by atoms with Crippen LogP contribution in [0.4, 0.5) is 0 Å². The van der Waals surface area contributed by atoms with Crippen molar-refractivity contribution in [3.63, 3.8) is 0 Å². The molecule has 10 nitrogen and oxygen atoms in total. The van der Waals surface area contributed by atoms with Crippen molar-refractivity contribution in [2.24, 2.45) is 4.99 Å². The van der Waals surface area contributed by atoms with Crippen molar-refractivity contribution < 1.29 is 33.2 Å². The molecule has 0 unspecified atom stereocenters. The van der Waals surface area contributed by atoms with Gasteiger partial charge in [-0.05, 0) is 82.2 Å². The first-order valence-corrected chi connectivity index (χ1v) is 16.3. The first-order valence-electron chi connectivity index (χ1n) is 15.5. The van der Waals surface area contributed by atoms with Crippen LogP contribution in [0.25, 0.3) is 6.08 Å². The summed E-state index contributed by atoms with van der Waals surface area (Å²) in [6.45, 7) is 10.4. The zero-order valence-corrected chi connectivity index (χ0v) is 27.7. The number of para-hydroxylation sites is 1. The smallest absolute Gasteiger partial charge is 0.338 e. The lowest BCUT2D eigenvalue weighted by atomic mass is 9.95. The van der Waals surface area contributed by atoms with E-state index in [1.54, 1.807) is 24.5 Å². The maximum Gasteiger partial charge on any atom is 0.338 e. The van der Waals surface area contributed by atoms with Gasteiger partial charge in [0.05, 0.1) is 35.1 Å². The largest absolute Gasteiger partial charge is 0.491 e. The minimum atomic E-state index is -0.784. The van der Waals surface area contributed by atoms with Gasteiger partial charge < -0.3 is 28.4 Å². The number of fused-ring (bicyclic) bond motifs is 2. The Balaban J connectivity index is 1.38. The number of carbonyl (C=O) groups excluding carboxylic acids is 1. The lowest BCUT2D eigenvalue weighted by Crippen LogP contribution is -2.40. The fourth-order valence-electron chi connectivity index (χ4n) is 5.50. The monoisotopic (exact) mass is 656 g/mol. The normalized spacial score (nSPS) is 15.4. The van der Waals surface area contributed by atoms with E-state index in [0.717, 1.165) is 11.1 Å². The predicted molar refractivity (Wildman–Crippen MR) is 177 cm³/mol. The van der Waals surface area contributed by atoms with Crippen molar-refractivity contribution in [3.05, 3.63) is 108 Å². The number of carbonyl (C=O) groups is 1. The number of hydrogen-bond acceptors (Lipinski definition) is 10. The summed E-state index contributed by atoms with van der Waals surface area (Å²) in [5.41, 5.74) is 2.85. The highest BCUT2D eigenvalue weighted by atomic mass is 32.1. The van der Waals surface area contributed by atoms with E-state index in [0.29, 0.717) is 68.1 Å². The molecule has 2 aliphatic rings. The second kappa shape index (κ2) is 13.8. The Morgan fingerprint density at radius 1 is 1.00 bits per heavy atom. The van der Waals surface area contributed by atoms with Gasteiger partial charge in [-0.25, -0.2) is 9.79 Å². The van der Waals surface area contributed by atoms with Gasteiger partial charge in [0.25, 0.3) is 5.56 Å². The molecule has 2 aliphatic heterocycles. The molecule has 0 amide bonds. The van der Waals surface area contributed by atoms with Crippen LogP contribution < -0.4 is 38.6 Å². The second-order valence-electron chi connectivity index (χ2n) is 11.1. The van der Waals surface area contributed by atoms with Crippen molar-refractivity contribution in [1.82, 2.24) is 4.57 Å². The van der Waals surface area contributed by atoms with Gasteiger partial charge in [0.2, 0.25) is 6.79 Å². The highest BCUT2D eigenvalue weighted by Gasteiger charge is 2.35. The second-order valence-corrected chi connectivity index (χ2v) is 12.1. The molecule has 3 aromatic carbocycles. The lowest BCUT2D eigenvalue weighted by molar-refractivity contribution is -0.139. The van der Waals surface area contributed by atoms with E-state index < -0.39 is 12.0 Å². The zero-order chi connectivity index (χ0) is 33.1. The van der Waals surface area contributed by atoms with E-state index in [2.05, 4.69) is 0 Å². The summed E-state index contributed by atoms with van der Waals surface area (Å²) < 4.78 is 36.5. The summed E-state index contributed by atoms with van der Waals surface area (Å²) in [5.74, 6) is 2.58. The Morgan fingerprint density at radius 2 is 1.81 bits per heavy atom. The quantitative estimate of drug-likeness (QED) is 0.201. The number of ether oxygens (including phenoxy) is 6. The van der Waals surface area contributed by atoms with Crippen molar-refractivity contribution in [2.45, 2.75) is 53.4 Å². The number of thiazole rings is 1. The Labute approximate surface area is 276 Å². The standard InChI is InChI=1S/C36H36N2O8S/c1-6-41-29-16-23(12-14-27(29)43-19-24-13-15-28-30(17-24)45-20-44-28)18-31-34(39)38-33(25-10-8-9-11-26(25)46-21(3)4)32(35(40)42-7-2)22(5)37-36(38)47-31/h8-18,21,33H,6-7,19-20H2,1-5H3/b31-18+/t33-/m1/s1. The Morgan fingerprint density at radius 3 is 2.60 bits per heavy atom. The molecule has 0 saturated carbocycles. The maximum atomic E-state index is 14.2. The Bertz CT molecular complexity index is 2030. The fraction of sp³-hybridized carbons (Fsp3) is 0.306. The van der Waals surface area contributed by atoms with Crippen molar-refractivity contribution in [1.29, 1.82) is 0 Å². The third-order valence-corrected chi connectivity index (χ3v) is 8.47. The van der Waals surface area contributed by atoms with E-state index in [4.69, 9.17) is 33.4 Å². The van der Waals surface area contributed by atoms with Gasteiger partial charge in [-0.3, -0.25) is 9.36 Å². The summed E-state index contributed by atoms with van der Waals surface area (Å²) >= 11 is 1.25. The Kier molecular flexibility index (Phi) is 9.35. The molecular weight excluding hydrogens is 620 g/mol. The molecular formula is C36H36N2O8S. The van der Waals surface area contributed by atoms with Gasteiger partial charge in [0.15, 0.2) is 27.8 Å². The predicted octanol–water partition coefficient (Wildman–Crippen LogP) is 5.29. The van der Waals surface area contributed by atoms with Crippen molar-refractivity contribution >= 4 is 23.4 Å². The summed E-state index contributed by atoms with van der Waals surface area (Å²) in [6.07, 6.45) is 1.68. The highest BCUT2D eigenvalue weighted by molar-refractivity contribution is 7.07. The average Bonchev–Trinajstić information content (AvgIpc) is 3.63. The van der Waals surface area contributed by atoms with Gasteiger partial charge >= 0.3 is 5.97 Å². The molecule has 0 saturated heterocycles. The lowest BCUT2D eigenvalue weighted by Gasteiger charge is -2.26. The summed E-state index contributed by atoms with van der Waals surface area (Å²) in [5, 5.41) is 0. The molecule has 0 radical (unpaired) electrons. The molecule has 3 heterocycles. The summed E-state index contributed by atoms with van der Waals surface area (Å²) in [6, 6.07) is 17.9. The van der Waals surface area contributed by atoms with Crippen LogP contribution in [-0.2, 0) is 16.1 Å². The van der Waals surface area contributed by atoms with Crippen LogP contribution in [-0.4, -0.2) is 36.6 Å². The fourth-order valence-corrected chi connectivity index (χ4v) is 6.55. The number of aromatic nitrogens is 1. The number of rotatable bonds is 11. The van der Waals surface area contributed by atoms with Crippen LogP contribution in [0.15, 0.2) is 81.7 Å². The van der Waals surface area contributed by atoms with Crippen LogP contribution in [0, 0.1) is 0 Å². The van der Waals surface area contributed by atoms with Crippen molar-refractivity contribution in [2.75, 3.05) is 20.0 Å². The van der Waals surface area contributed by atoms with E-state index in [-0.39, 0.29) is 25.1 Å². The molecule has 0 N–H and O–H groups in total. The number of hydrogen-bond donors (Lipinski definition) is 0. The third kappa shape index (κ3) is 6.62. The molecule has 0 bridgehead atoms. The highest BCUT2D eigenvalue weighted by Crippen LogP contribution is 2.37. The van der Waals surface area contributed by atoms with Gasteiger partial charge in [0.1, 0.15) is 18.4 Å². The zero-order valence-electron chi connectivity index (χ0n) is 26.9. The van der Waals surface area contributed by atoms with Gasteiger partial charge in [-0.1, -0.05) is 41.7 Å². The van der Waals surface area contributed by atoms with E-state index in [9.17, 15) is 9.59 Å². The van der Waals surface area contributed by atoms with Crippen LogP contribution in [0.3, 0.4) is 0 Å². The molecule has 6 rings (SSSR count). The molecule has 1 aromatic heterocycles. The van der Waals surface area contributed by atoms with Crippen molar-refractivity contribution in [3.8, 4) is 28.7 Å². The van der Waals surface area contributed by atoms with Gasteiger partial charge in [-0.15, -0.1) is 0 Å². The first-order chi connectivity index (χ1) is 22.8. The average molecular weight is 657 g/mol. The van der Waals surface area contributed by atoms with Crippen LogP contribution in [0.5, 0.6) is 28.7 Å². The number of esters is 1. The first kappa shape index (κ1) is 31.9. The molecule has 0 aliphatic carbocycles. The SMILES string of the molecule is CCOC(=O)C1=C(C)N=c2s/c(=C/c3ccc(OCc4ccc5c(c4)OCO5)c(OCC)c3)c(=O)n2[C@@H]1c1ccccc1OC(C)C. The Hall–Kier alpha value is -5.03. The van der Waals surface area contributed by atoms with E-state index >= 15 is 0 Å².